The normalized spacial score (nSPS) is 18.8. The van der Waals surface area contributed by atoms with Gasteiger partial charge in [0.05, 0.1) is 17.3 Å². The first-order valence-electron chi connectivity index (χ1n) is 8.33. The van der Waals surface area contributed by atoms with E-state index in [1.807, 2.05) is 30.3 Å². The molecule has 2 unspecified atom stereocenters. The summed E-state index contributed by atoms with van der Waals surface area (Å²) >= 11 is 0. The number of fused-ring (bicyclic) bond motifs is 1. The van der Waals surface area contributed by atoms with Crippen molar-refractivity contribution in [2.75, 3.05) is 6.67 Å². The Kier molecular flexibility index (Phi) is 4.49. The molecule has 4 rings (SSSR count). The number of phenols is 1. The van der Waals surface area contributed by atoms with Crippen LogP contribution in [0.5, 0.6) is 5.75 Å². The predicted molar refractivity (Wildman–Crippen MR) is 99.7 cm³/mol. The van der Waals surface area contributed by atoms with Crippen LogP contribution in [0.15, 0.2) is 59.7 Å². The zero-order chi connectivity index (χ0) is 18.8. The van der Waals surface area contributed by atoms with Crippen molar-refractivity contribution in [1.29, 1.82) is 0 Å². The standard InChI is InChI=1S/C19H16N4O4/c24-17-8-5-12-3-1-2-4-14(12)15(17)10-20-11-22-19-18(27-19)16-7-6-13(9-21-16)23(25)26/h1-10,18-19,22,24H,11H2. The van der Waals surface area contributed by atoms with Crippen molar-refractivity contribution in [3.05, 3.63) is 76.1 Å². The molecule has 2 heterocycles. The molecule has 8 heteroatoms. The molecule has 1 saturated heterocycles. The minimum absolute atomic E-state index is 0.0524. The summed E-state index contributed by atoms with van der Waals surface area (Å²) in [5, 5.41) is 25.8. The third kappa shape index (κ3) is 3.62. The van der Waals surface area contributed by atoms with E-state index in [4.69, 9.17) is 4.74 Å². The van der Waals surface area contributed by atoms with Crippen LogP contribution in [0.1, 0.15) is 17.4 Å². The second-order valence-corrected chi connectivity index (χ2v) is 6.07. The SMILES string of the molecule is O=[N+]([O-])c1ccc(C2OC2NCN=Cc2c(O)ccc3ccccc23)nc1. The molecule has 0 spiro atoms. The number of aromatic hydroxyl groups is 1. The third-order valence-electron chi connectivity index (χ3n) is 4.32. The second-order valence-electron chi connectivity index (χ2n) is 6.07. The van der Waals surface area contributed by atoms with Crippen LogP contribution in [-0.4, -0.2) is 34.1 Å². The molecule has 0 bridgehead atoms. The Balaban J connectivity index is 1.36. The largest absolute Gasteiger partial charge is 0.507 e. The first kappa shape index (κ1) is 17.1. The van der Waals surface area contributed by atoms with Gasteiger partial charge in [0.2, 0.25) is 0 Å². The molecule has 2 N–H and O–H groups in total. The number of hydrogen-bond donors (Lipinski definition) is 2. The van der Waals surface area contributed by atoms with Crippen molar-refractivity contribution in [3.63, 3.8) is 0 Å². The maximum Gasteiger partial charge on any atom is 0.287 e. The average molecular weight is 364 g/mol. The van der Waals surface area contributed by atoms with E-state index in [0.29, 0.717) is 17.9 Å². The van der Waals surface area contributed by atoms with Gasteiger partial charge in [-0.3, -0.25) is 25.4 Å². The highest BCUT2D eigenvalue weighted by Gasteiger charge is 2.41. The van der Waals surface area contributed by atoms with Crippen LogP contribution in [0.3, 0.4) is 0 Å². The number of rotatable bonds is 6. The van der Waals surface area contributed by atoms with Crippen LogP contribution in [0.25, 0.3) is 10.8 Å². The number of phenolic OH excluding ortho intramolecular Hbond substituents is 1. The topological polar surface area (TPSA) is 113 Å². The molecule has 3 aromatic rings. The number of nitrogens with zero attached hydrogens (tertiary/aromatic N) is 3. The minimum atomic E-state index is -0.488. The molecule has 0 aliphatic carbocycles. The summed E-state index contributed by atoms with van der Waals surface area (Å²) in [7, 11) is 0. The summed E-state index contributed by atoms with van der Waals surface area (Å²) in [6.45, 7) is 0.302. The maximum absolute atomic E-state index is 10.6. The number of aromatic nitrogens is 1. The van der Waals surface area contributed by atoms with Crippen molar-refractivity contribution < 1.29 is 14.8 Å². The molecule has 1 aromatic heterocycles. The Bertz CT molecular complexity index is 1020. The van der Waals surface area contributed by atoms with E-state index >= 15 is 0 Å². The van der Waals surface area contributed by atoms with Crippen LogP contribution in [-0.2, 0) is 4.74 Å². The summed E-state index contributed by atoms with van der Waals surface area (Å²) in [6.07, 6.45) is 2.37. The lowest BCUT2D eigenvalue weighted by Crippen LogP contribution is -2.18. The lowest BCUT2D eigenvalue weighted by Gasteiger charge is -2.04. The number of nitrogens with one attached hydrogen (secondary N) is 1. The number of ether oxygens (including phenoxy) is 1. The number of epoxide rings is 1. The molecule has 2 atom stereocenters. The number of pyridine rings is 1. The fourth-order valence-electron chi connectivity index (χ4n) is 2.87. The van der Waals surface area contributed by atoms with Gasteiger partial charge in [-0.2, -0.15) is 0 Å². The van der Waals surface area contributed by atoms with Crippen LogP contribution in [0.4, 0.5) is 5.69 Å². The van der Waals surface area contributed by atoms with E-state index in [1.54, 1.807) is 18.3 Å². The smallest absolute Gasteiger partial charge is 0.287 e. The van der Waals surface area contributed by atoms with Crippen LogP contribution >= 0.6 is 0 Å². The van der Waals surface area contributed by atoms with E-state index in [0.717, 1.165) is 10.8 Å². The quantitative estimate of drug-likeness (QED) is 0.301. The van der Waals surface area contributed by atoms with Crippen LogP contribution < -0.4 is 5.32 Å². The highest BCUT2D eigenvalue weighted by Crippen LogP contribution is 2.35. The zero-order valence-corrected chi connectivity index (χ0v) is 14.1. The molecule has 2 aromatic carbocycles. The Labute approximate surface area is 154 Å². The van der Waals surface area contributed by atoms with Crippen molar-refractivity contribution in [3.8, 4) is 5.75 Å². The van der Waals surface area contributed by atoms with Crippen LogP contribution in [0, 0.1) is 10.1 Å². The van der Waals surface area contributed by atoms with Gasteiger partial charge < -0.3 is 9.84 Å². The highest BCUT2D eigenvalue weighted by molar-refractivity contribution is 6.02. The van der Waals surface area contributed by atoms with Crippen molar-refractivity contribution >= 4 is 22.7 Å². The summed E-state index contributed by atoms with van der Waals surface area (Å²) in [5.74, 6) is 0.174. The second kappa shape index (κ2) is 7.10. The summed E-state index contributed by atoms with van der Waals surface area (Å²) < 4.78 is 5.48. The van der Waals surface area contributed by atoms with Gasteiger partial charge in [0.1, 0.15) is 24.3 Å². The van der Waals surface area contributed by atoms with Gasteiger partial charge in [-0.25, -0.2) is 0 Å². The number of hydrogen-bond acceptors (Lipinski definition) is 7. The van der Waals surface area contributed by atoms with Gasteiger partial charge in [0.15, 0.2) is 0 Å². The first-order chi connectivity index (χ1) is 13.1. The van der Waals surface area contributed by atoms with E-state index in [9.17, 15) is 15.2 Å². The molecule has 1 fully saturated rings. The molecule has 0 radical (unpaired) electrons. The molecular weight excluding hydrogens is 348 g/mol. The fraction of sp³-hybridized carbons (Fsp3) is 0.158. The third-order valence-corrected chi connectivity index (χ3v) is 4.32. The molecule has 1 aliphatic rings. The monoisotopic (exact) mass is 364 g/mol. The van der Waals surface area contributed by atoms with E-state index in [2.05, 4.69) is 15.3 Å². The van der Waals surface area contributed by atoms with Gasteiger partial charge in [0, 0.05) is 17.8 Å². The van der Waals surface area contributed by atoms with E-state index < -0.39 is 4.92 Å². The van der Waals surface area contributed by atoms with Crippen molar-refractivity contribution in [2.24, 2.45) is 4.99 Å². The molecule has 0 saturated carbocycles. The summed E-state index contributed by atoms with van der Waals surface area (Å²) in [5.41, 5.74) is 1.25. The Morgan fingerprint density at radius 3 is 2.89 bits per heavy atom. The average Bonchev–Trinajstić information content (AvgIpc) is 3.46. The van der Waals surface area contributed by atoms with Gasteiger partial charge in [-0.15, -0.1) is 0 Å². The van der Waals surface area contributed by atoms with E-state index in [1.165, 1.54) is 12.3 Å². The molecule has 8 nitrogen and oxygen atoms in total. The fourth-order valence-corrected chi connectivity index (χ4v) is 2.87. The van der Waals surface area contributed by atoms with Gasteiger partial charge in [0.25, 0.3) is 5.69 Å². The number of nitro groups is 1. The predicted octanol–water partition coefficient (Wildman–Crippen LogP) is 2.91. The van der Waals surface area contributed by atoms with Crippen molar-refractivity contribution in [2.45, 2.75) is 12.3 Å². The Morgan fingerprint density at radius 2 is 2.11 bits per heavy atom. The number of benzene rings is 2. The highest BCUT2D eigenvalue weighted by atomic mass is 16.6. The molecule has 1 aliphatic heterocycles. The molecule has 0 amide bonds. The number of aliphatic imine (C=N–C) groups is 1. The summed E-state index contributed by atoms with van der Waals surface area (Å²) in [4.78, 5) is 18.5. The molecular formula is C19H16N4O4. The van der Waals surface area contributed by atoms with Crippen LogP contribution in [0.2, 0.25) is 0 Å². The zero-order valence-electron chi connectivity index (χ0n) is 14.1. The lowest BCUT2D eigenvalue weighted by atomic mass is 10.0. The Hall–Kier alpha value is -3.36. The molecule has 136 valence electrons. The van der Waals surface area contributed by atoms with Gasteiger partial charge in [-0.1, -0.05) is 30.3 Å². The first-order valence-corrected chi connectivity index (χ1v) is 8.33. The minimum Gasteiger partial charge on any atom is -0.507 e. The summed E-state index contributed by atoms with van der Waals surface area (Å²) in [6, 6.07) is 14.3. The van der Waals surface area contributed by atoms with Crippen molar-refractivity contribution in [1.82, 2.24) is 10.3 Å². The maximum atomic E-state index is 10.6. The van der Waals surface area contributed by atoms with Gasteiger partial charge in [-0.05, 0) is 22.9 Å². The van der Waals surface area contributed by atoms with E-state index in [-0.39, 0.29) is 23.8 Å². The Morgan fingerprint density at radius 1 is 1.26 bits per heavy atom. The van der Waals surface area contributed by atoms with Gasteiger partial charge >= 0.3 is 0 Å². The lowest BCUT2D eigenvalue weighted by molar-refractivity contribution is -0.385. The molecule has 27 heavy (non-hydrogen) atoms.